The summed E-state index contributed by atoms with van der Waals surface area (Å²) in [6, 6.07) is 0. The van der Waals surface area contributed by atoms with Crippen LogP contribution in [-0.4, -0.2) is 43.1 Å². The van der Waals surface area contributed by atoms with Crippen molar-refractivity contribution in [1.29, 1.82) is 0 Å². The van der Waals surface area contributed by atoms with Crippen LogP contribution in [0.25, 0.3) is 0 Å². The molecule has 1 aliphatic rings. The molecule has 3 amide bonds. The molecule has 0 aromatic carbocycles. The van der Waals surface area contributed by atoms with Crippen LogP contribution < -0.4 is 16.0 Å². The van der Waals surface area contributed by atoms with Crippen LogP contribution in [0, 0.1) is 5.92 Å². The van der Waals surface area contributed by atoms with E-state index < -0.39 is 11.7 Å². The van der Waals surface area contributed by atoms with Gasteiger partial charge in [-0.3, -0.25) is 9.59 Å². The van der Waals surface area contributed by atoms with Crippen molar-refractivity contribution in [2.75, 3.05) is 19.6 Å². The molecule has 0 radical (unpaired) electrons. The molecule has 0 atom stereocenters. The Bertz CT molecular complexity index is 451. The molecule has 0 aliphatic heterocycles. The summed E-state index contributed by atoms with van der Waals surface area (Å²) >= 11 is 0. The maximum Gasteiger partial charge on any atom is 0.407 e. The number of rotatable bonds is 8. The van der Waals surface area contributed by atoms with Crippen LogP contribution in [0.15, 0.2) is 12.2 Å². The molecule has 1 saturated carbocycles. The summed E-state index contributed by atoms with van der Waals surface area (Å²) in [5.41, 5.74) is -0.557. The second-order valence-corrected chi connectivity index (χ2v) is 6.52. The van der Waals surface area contributed by atoms with Crippen LogP contribution >= 0.6 is 0 Å². The first-order valence-electron chi connectivity index (χ1n) is 7.96. The summed E-state index contributed by atoms with van der Waals surface area (Å²) in [6.45, 7) is 6.25. The number of alkyl carbamates (subject to hydrolysis) is 1. The summed E-state index contributed by atoms with van der Waals surface area (Å²) in [5, 5.41) is 7.87. The maximum atomic E-state index is 11.5. The number of carbonyl (C=O) groups excluding carboxylic acids is 3. The number of allylic oxidation sites excluding steroid dienone is 1. The third-order valence-corrected chi connectivity index (χ3v) is 2.91. The summed E-state index contributed by atoms with van der Waals surface area (Å²) in [6.07, 6.45) is 5.41. The van der Waals surface area contributed by atoms with E-state index in [4.69, 9.17) is 4.74 Å². The second kappa shape index (κ2) is 9.17. The molecule has 1 rings (SSSR count). The van der Waals surface area contributed by atoms with Crippen LogP contribution in [0.5, 0.6) is 0 Å². The minimum Gasteiger partial charge on any atom is -0.444 e. The van der Waals surface area contributed by atoms with Crippen molar-refractivity contribution >= 4 is 17.9 Å². The van der Waals surface area contributed by atoms with Gasteiger partial charge in [-0.05, 0) is 45.6 Å². The largest absolute Gasteiger partial charge is 0.444 e. The number of carbonyl (C=O) groups is 3. The SMILES string of the molecule is CC(C)(C)OC(=O)NCCC(=O)NCCNC(=O)/C=C/C1CC1. The Hall–Kier alpha value is -2.05. The highest BCUT2D eigenvalue weighted by atomic mass is 16.6. The van der Waals surface area contributed by atoms with E-state index in [2.05, 4.69) is 16.0 Å². The lowest BCUT2D eigenvalue weighted by atomic mass is 10.2. The van der Waals surface area contributed by atoms with Crippen molar-refractivity contribution in [1.82, 2.24) is 16.0 Å². The van der Waals surface area contributed by atoms with E-state index in [0.717, 1.165) is 12.8 Å². The van der Waals surface area contributed by atoms with Crippen molar-refractivity contribution in [3.05, 3.63) is 12.2 Å². The number of nitrogens with one attached hydrogen (secondary N) is 3. The van der Waals surface area contributed by atoms with Gasteiger partial charge in [-0.15, -0.1) is 0 Å². The summed E-state index contributed by atoms with van der Waals surface area (Å²) < 4.78 is 5.05. The minimum atomic E-state index is -0.557. The third kappa shape index (κ3) is 11.2. The molecule has 0 aromatic rings. The Morgan fingerprint density at radius 1 is 1.04 bits per heavy atom. The number of amides is 3. The fourth-order valence-electron chi connectivity index (χ4n) is 1.64. The Balaban J connectivity index is 1.99. The van der Waals surface area contributed by atoms with Crippen molar-refractivity contribution in [2.45, 2.75) is 45.6 Å². The van der Waals surface area contributed by atoms with Gasteiger partial charge in [-0.2, -0.15) is 0 Å². The molecule has 130 valence electrons. The fraction of sp³-hybridized carbons (Fsp3) is 0.688. The van der Waals surface area contributed by atoms with Gasteiger partial charge in [0.1, 0.15) is 5.60 Å². The van der Waals surface area contributed by atoms with Gasteiger partial charge >= 0.3 is 6.09 Å². The molecular weight excluding hydrogens is 298 g/mol. The number of hydrogen-bond acceptors (Lipinski definition) is 4. The van der Waals surface area contributed by atoms with E-state index in [1.54, 1.807) is 26.8 Å². The highest BCUT2D eigenvalue weighted by Gasteiger charge is 2.17. The van der Waals surface area contributed by atoms with Gasteiger partial charge < -0.3 is 20.7 Å². The van der Waals surface area contributed by atoms with E-state index in [1.165, 1.54) is 0 Å². The lowest BCUT2D eigenvalue weighted by molar-refractivity contribution is -0.121. The first kappa shape index (κ1) is 19.0. The summed E-state index contributed by atoms with van der Waals surface area (Å²) in [5.74, 6) is 0.236. The monoisotopic (exact) mass is 325 g/mol. The summed E-state index contributed by atoms with van der Waals surface area (Å²) in [4.78, 5) is 34.3. The normalized spacial score (nSPS) is 14.4. The lowest BCUT2D eigenvalue weighted by Crippen LogP contribution is -2.37. The number of ether oxygens (including phenoxy) is 1. The average Bonchev–Trinajstić information content (AvgIpc) is 3.23. The standard InChI is InChI=1S/C16H27N3O4/c1-16(2,3)23-15(22)19-9-8-14(21)18-11-10-17-13(20)7-6-12-4-5-12/h6-7,12H,4-5,8-11H2,1-3H3,(H,17,20)(H,18,21)(H,19,22)/b7-6+. The van der Waals surface area contributed by atoms with Crippen molar-refractivity contribution in [3.8, 4) is 0 Å². The Morgan fingerprint density at radius 3 is 2.30 bits per heavy atom. The quantitative estimate of drug-likeness (QED) is 0.460. The van der Waals surface area contributed by atoms with Crippen LogP contribution in [0.1, 0.15) is 40.0 Å². The molecule has 0 saturated heterocycles. The van der Waals surface area contributed by atoms with E-state index in [0.29, 0.717) is 19.0 Å². The Morgan fingerprint density at radius 2 is 1.70 bits per heavy atom. The van der Waals surface area contributed by atoms with Gasteiger partial charge in [-0.25, -0.2) is 4.79 Å². The molecule has 0 unspecified atom stereocenters. The zero-order chi connectivity index (χ0) is 17.3. The van der Waals surface area contributed by atoms with Gasteiger partial charge in [-0.1, -0.05) is 6.08 Å². The number of hydrogen-bond donors (Lipinski definition) is 3. The topological polar surface area (TPSA) is 96.5 Å². The van der Waals surface area contributed by atoms with E-state index in [1.807, 2.05) is 6.08 Å². The minimum absolute atomic E-state index is 0.141. The van der Waals surface area contributed by atoms with Crippen molar-refractivity contribution in [2.24, 2.45) is 5.92 Å². The Labute approximate surface area is 137 Å². The highest BCUT2D eigenvalue weighted by Crippen LogP contribution is 2.29. The van der Waals surface area contributed by atoms with Gasteiger partial charge in [0.15, 0.2) is 0 Å². The molecule has 0 heterocycles. The predicted molar refractivity (Wildman–Crippen MR) is 86.7 cm³/mol. The average molecular weight is 325 g/mol. The van der Waals surface area contributed by atoms with Crippen molar-refractivity contribution < 1.29 is 19.1 Å². The van der Waals surface area contributed by atoms with Gasteiger partial charge in [0, 0.05) is 26.1 Å². The molecule has 1 fully saturated rings. The van der Waals surface area contributed by atoms with E-state index in [9.17, 15) is 14.4 Å². The smallest absolute Gasteiger partial charge is 0.407 e. The zero-order valence-corrected chi connectivity index (χ0v) is 14.1. The fourth-order valence-corrected chi connectivity index (χ4v) is 1.64. The lowest BCUT2D eigenvalue weighted by Gasteiger charge is -2.19. The van der Waals surface area contributed by atoms with Gasteiger partial charge in [0.25, 0.3) is 0 Å². The van der Waals surface area contributed by atoms with E-state index in [-0.39, 0.29) is 24.8 Å². The highest BCUT2D eigenvalue weighted by molar-refractivity contribution is 5.87. The predicted octanol–water partition coefficient (Wildman–Crippen LogP) is 1.10. The van der Waals surface area contributed by atoms with Gasteiger partial charge in [0.2, 0.25) is 11.8 Å². The molecule has 0 bridgehead atoms. The summed E-state index contributed by atoms with van der Waals surface area (Å²) in [7, 11) is 0. The molecule has 7 nitrogen and oxygen atoms in total. The molecular formula is C16H27N3O4. The molecule has 0 aromatic heterocycles. The van der Waals surface area contributed by atoms with Crippen LogP contribution in [0.4, 0.5) is 4.79 Å². The van der Waals surface area contributed by atoms with Crippen LogP contribution in [-0.2, 0) is 14.3 Å². The molecule has 3 N–H and O–H groups in total. The zero-order valence-electron chi connectivity index (χ0n) is 14.1. The van der Waals surface area contributed by atoms with Crippen molar-refractivity contribution in [3.63, 3.8) is 0 Å². The molecule has 1 aliphatic carbocycles. The van der Waals surface area contributed by atoms with Crippen LogP contribution in [0.3, 0.4) is 0 Å². The molecule has 7 heteroatoms. The van der Waals surface area contributed by atoms with E-state index >= 15 is 0 Å². The first-order chi connectivity index (χ1) is 10.8. The van der Waals surface area contributed by atoms with Crippen LogP contribution in [0.2, 0.25) is 0 Å². The molecule has 23 heavy (non-hydrogen) atoms. The Kier molecular flexibility index (Phi) is 7.57. The molecule has 0 spiro atoms. The maximum absolute atomic E-state index is 11.5. The third-order valence-electron chi connectivity index (χ3n) is 2.91. The first-order valence-corrected chi connectivity index (χ1v) is 7.96. The van der Waals surface area contributed by atoms with Gasteiger partial charge in [0.05, 0.1) is 0 Å². The second-order valence-electron chi connectivity index (χ2n) is 6.52.